The van der Waals surface area contributed by atoms with Gasteiger partial charge >= 0.3 is 5.97 Å². The Balaban J connectivity index is 3.66. The Hall–Kier alpha value is -1.88. The maximum absolute atomic E-state index is 12.1. The van der Waals surface area contributed by atoms with Crippen molar-refractivity contribution in [3.63, 3.8) is 0 Å². The minimum absolute atomic E-state index is 0.244. The van der Waals surface area contributed by atoms with Gasteiger partial charge in [0.05, 0.1) is 18.3 Å². The van der Waals surface area contributed by atoms with Crippen molar-refractivity contribution in [2.75, 3.05) is 6.61 Å². The molecule has 1 rings (SSSR count). The van der Waals surface area contributed by atoms with E-state index in [4.69, 9.17) is 10.5 Å². The summed E-state index contributed by atoms with van der Waals surface area (Å²) >= 11 is 0. The molecule has 0 saturated heterocycles. The van der Waals surface area contributed by atoms with E-state index in [9.17, 15) is 14.7 Å². The molecule has 1 aromatic carbocycles. The second-order valence-corrected chi connectivity index (χ2v) is 5.00. The van der Waals surface area contributed by atoms with Gasteiger partial charge in [0.1, 0.15) is 0 Å². The van der Waals surface area contributed by atoms with E-state index in [1.807, 2.05) is 6.92 Å². The molecule has 116 valence electrons. The molecule has 0 spiro atoms. The molecule has 0 fully saturated rings. The van der Waals surface area contributed by atoms with Crippen LogP contribution < -0.4 is 5.73 Å². The number of carbonyl (C=O) groups excluding carboxylic acids is 2. The van der Waals surface area contributed by atoms with Crippen LogP contribution in [0, 0.1) is 6.92 Å². The number of esters is 1. The van der Waals surface area contributed by atoms with Gasteiger partial charge in [0.2, 0.25) is 5.91 Å². The van der Waals surface area contributed by atoms with Gasteiger partial charge in [-0.2, -0.15) is 0 Å². The molecular weight excluding hydrogens is 270 g/mol. The van der Waals surface area contributed by atoms with Crippen molar-refractivity contribution in [3.8, 4) is 0 Å². The third-order valence-electron chi connectivity index (χ3n) is 3.43. The molecule has 3 N–H and O–H groups in total. The van der Waals surface area contributed by atoms with Crippen molar-refractivity contribution in [1.29, 1.82) is 0 Å². The molecule has 1 atom stereocenters. The van der Waals surface area contributed by atoms with E-state index in [0.717, 1.165) is 6.42 Å². The van der Waals surface area contributed by atoms with E-state index >= 15 is 0 Å². The van der Waals surface area contributed by atoms with Gasteiger partial charge in [-0.1, -0.05) is 13.3 Å². The van der Waals surface area contributed by atoms with Gasteiger partial charge in [0.25, 0.3) is 0 Å². The lowest BCUT2D eigenvalue weighted by molar-refractivity contribution is 0.0524. The highest BCUT2D eigenvalue weighted by Crippen LogP contribution is 2.28. The van der Waals surface area contributed by atoms with E-state index < -0.39 is 18.0 Å². The van der Waals surface area contributed by atoms with Gasteiger partial charge in [0.15, 0.2) is 0 Å². The molecule has 0 saturated carbocycles. The number of rotatable bonds is 6. The van der Waals surface area contributed by atoms with Crippen molar-refractivity contribution in [2.24, 2.45) is 5.73 Å². The zero-order chi connectivity index (χ0) is 16.2. The Bertz CT molecular complexity index is 550. The fourth-order valence-corrected chi connectivity index (χ4v) is 2.52. The average molecular weight is 293 g/mol. The first-order valence-electron chi connectivity index (χ1n) is 7.16. The minimum atomic E-state index is -0.799. The number of hydrogen-bond donors (Lipinski definition) is 2. The van der Waals surface area contributed by atoms with E-state index in [1.54, 1.807) is 26.8 Å². The number of aliphatic hydroxyl groups excluding tert-OH is 1. The van der Waals surface area contributed by atoms with Crippen molar-refractivity contribution >= 4 is 11.9 Å². The normalized spacial score (nSPS) is 12.0. The third kappa shape index (κ3) is 3.61. The monoisotopic (exact) mass is 293 g/mol. The zero-order valence-corrected chi connectivity index (χ0v) is 13.0. The van der Waals surface area contributed by atoms with Crippen molar-refractivity contribution in [1.82, 2.24) is 0 Å². The van der Waals surface area contributed by atoms with E-state index in [0.29, 0.717) is 34.2 Å². The molecule has 0 radical (unpaired) electrons. The van der Waals surface area contributed by atoms with E-state index in [1.165, 1.54) is 0 Å². The summed E-state index contributed by atoms with van der Waals surface area (Å²) in [4.78, 5) is 24.0. The molecule has 0 aromatic heterocycles. The largest absolute Gasteiger partial charge is 0.462 e. The van der Waals surface area contributed by atoms with Crippen LogP contribution in [0.1, 0.15) is 70.7 Å². The minimum Gasteiger partial charge on any atom is -0.462 e. The van der Waals surface area contributed by atoms with Gasteiger partial charge in [-0.15, -0.1) is 0 Å². The highest BCUT2D eigenvalue weighted by atomic mass is 16.5. The Morgan fingerprint density at radius 3 is 2.43 bits per heavy atom. The second kappa shape index (κ2) is 7.22. The van der Waals surface area contributed by atoms with Crippen LogP contribution in [0.3, 0.4) is 0 Å². The Morgan fingerprint density at radius 1 is 1.38 bits per heavy atom. The van der Waals surface area contributed by atoms with Crippen LogP contribution >= 0.6 is 0 Å². The molecule has 0 heterocycles. The zero-order valence-electron chi connectivity index (χ0n) is 13.0. The summed E-state index contributed by atoms with van der Waals surface area (Å²) in [6.07, 6.45) is 0.514. The maximum Gasteiger partial charge on any atom is 0.338 e. The predicted molar refractivity (Wildman–Crippen MR) is 80.3 cm³/mol. The topological polar surface area (TPSA) is 89.6 Å². The second-order valence-electron chi connectivity index (χ2n) is 5.00. The highest BCUT2D eigenvalue weighted by Gasteiger charge is 2.24. The van der Waals surface area contributed by atoms with Crippen LogP contribution in [0.4, 0.5) is 0 Å². The smallest absolute Gasteiger partial charge is 0.338 e. The van der Waals surface area contributed by atoms with Gasteiger partial charge in [-0.3, -0.25) is 4.79 Å². The number of carbonyl (C=O) groups is 2. The molecule has 0 bridgehead atoms. The number of amides is 1. The van der Waals surface area contributed by atoms with Crippen molar-refractivity contribution in [3.05, 3.63) is 33.9 Å². The van der Waals surface area contributed by atoms with Crippen LogP contribution in [0.2, 0.25) is 0 Å². The summed E-state index contributed by atoms with van der Waals surface area (Å²) in [5.74, 6) is -1.09. The Morgan fingerprint density at radius 2 is 2.00 bits per heavy atom. The fraction of sp³-hybridized carbons (Fsp3) is 0.500. The number of benzene rings is 1. The molecule has 5 heteroatoms. The van der Waals surface area contributed by atoms with E-state index in [2.05, 4.69) is 0 Å². The number of hydrogen-bond acceptors (Lipinski definition) is 4. The van der Waals surface area contributed by atoms with Crippen LogP contribution in [-0.2, 0) is 11.2 Å². The lowest BCUT2D eigenvalue weighted by Crippen LogP contribution is -2.21. The number of aliphatic hydroxyl groups is 1. The molecule has 0 aliphatic rings. The van der Waals surface area contributed by atoms with Crippen molar-refractivity contribution < 1.29 is 19.4 Å². The van der Waals surface area contributed by atoms with Crippen LogP contribution in [0.5, 0.6) is 0 Å². The molecule has 1 amide bonds. The first-order valence-corrected chi connectivity index (χ1v) is 7.16. The number of ether oxygens (including phenoxy) is 1. The van der Waals surface area contributed by atoms with Gasteiger partial charge in [-0.25, -0.2) is 4.79 Å². The first kappa shape index (κ1) is 17.2. The highest BCUT2D eigenvalue weighted by molar-refractivity contribution is 6.01. The lowest BCUT2D eigenvalue weighted by atomic mass is 9.88. The van der Waals surface area contributed by atoms with Gasteiger partial charge < -0.3 is 15.6 Å². The number of primary amides is 1. The van der Waals surface area contributed by atoms with Crippen LogP contribution in [-0.4, -0.2) is 23.6 Å². The summed E-state index contributed by atoms with van der Waals surface area (Å²) in [5, 5.41) is 9.86. The van der Waals surface area contributed by atoms with E-state index in [-0.39, 0.29) is 6.61 Å². The standard InChI is InChI=1S/C16H23NO4/c1-5-7-11-13(16(20)21-6-2)8-12(10(4)18)9(3)14(11)15(17)19/h8,10,18H,5-7H2,1-4H3,(H2,17,19). The summed E-state index contributed by atoms with van der Waals surface area (Å²) in [5.41, 5.74) is 7.86. The summed E-state index contributed by atoms with van der Waals surface area (Å²) in [7, 11) is 0. The molecule has 5 nitrogen and oxygen atoms in total. The molecule has 0 aliphatic carbocycles. The molecule has 0 aliphatic heterocycles. The summed E-state index contributed by atoms with van der Waals surface area (Å²) in [6, 6.07) is 1.61. The Labute approximate surface area is 125 Å². The molecule has 21 heavy (non-hydrogen) atoms. The molecule has 1 unspecified atom stereocenters. The quantitative estimate of drug-likeness (QED) is 0.787. The average Bonchev–Trinajstić information content (AvgIpc) is 2.38. The maximum atomic E-state index is 12.1. The summed E-state index contributed by atoms with van der Waals surface area (Å²) in [6.45, 7) is 7.24. The van der Waals surface area contributed by atoms with Crippen molar-refractivity contribution in [2.45, 2.75) is 46.6 Å². The summed E-state index contributed by atoms with van der Waals surface area (Å²) < 4.78 is 5.05. The van der Waals surface area contributed by atoms with Gasteiger partial charge in [-0.05, 0) is 49.9 Å². The SMILES string of the molecule is CCCc1c(C(=O)OCC)cc(C(C)O)c(C)c1C(N)=O. The first-order chi connectivity index (χ1) is 9.84. The Kier molecular flexibility index (Phi) is 5.90. The fourth-order valence-electron chi connectivity index (χ4n) is 2.52. The molecule has 1 aromatic rings. The van der Waals surface area contributed by atoms with Gasteiger partial charge in [0, 0.05) is 5.56 Å². The predicted octanol–water partition coefficient (Wildman–Crippen LogP) is 2.28. The molecular formula is C16H23NO4. The lowest BCUT2D eigenvalue weighted by Gasteiger charge is -2.19. The van der Waals surface area contributed by atoms with Crippen LogP contribution in [0.25, 0.3) is 0 Å². The number of nitrogens with two attached hydrogens (primary N) is 1. The third-order valence-corrected chi connectivity index (χ3v) is 3.43. The van der Waals surface area contributed by atoms with Crippen LogP contribution in [0.15, 0.2) is 6.07 Å².